The predicted molar refractivity (Wildman–Crippen MR) is 152 cm³/mol. The van der Waals surface area contributed by atoms with E-state index >= 15 is 0 Å². The van der Waals surface area contributed by atoms with Crippen LogP contribution in [0.25, 0.3) is 6.08 Å². The van der Waals surface area contributed by atoms with Crippen molar-refractivity contribution < 1.29 is 9.59 Å². The van der Waals surface area contributed by atoms with E-state index in [9.17, 15) is 9.59 Å². The minimum absolute atomic E-state index is 0.0532. The number of nitrogens with one attached hydrogen (secondary N) is 1. The Morgan fingerprint density at radius 2 is 1.92 bits per heavy atom. The number of fused-ring (bicyclic) bond motifs is 1. The maximum Gasteiger partial charge on any atom is 0.265 e. The summed E-state index contributed by atoms with van der Waals surface area (Å²) in [6, 6.07) is 23.4. The molecule has 0 aromatic heterocycles. The molecule has 2 heterocycles. The van der Waals surface area contributed by atoms with Crippen LogP contribution in [0.4, 0.5) is 5.69 Å². The first-order valence-electron chi connectivity index (χ1n) is 12.7. The summed E-state index contributed by atoms with van der Waals surface area (Å²) in [6.45, 7) is 5.40. The van der Waals surface area contributed by atoms with Gasteiger partial charge in [-0.15, -0.1) is 0 Å². The van der Waals surface area contributed by atoms with Crippen LogP contribution in [0.2, 0.25) is 5.02 Å². The van der Waals surface area contributed by atoms with Crippen LogP contribution in [-0.2, 0) is 11.3 Å². The van der Waals surface area contributed by atoms with Gasteiger partial charge in [0, 0.05) is 28.1 Å². The highest BCUT2D eigenvalue weighted by Gasteiger charge is 2.29. The fourth-order valence-corrected chi connectivity index (χ4v) is 6.25. The number of carbonyl (C=O) groups excluding carboxylic acids is 2. The quantitative estimate of drug-likeness (QED) is 0.367. The largest absolute Gasteiger partial charge is 0.350 e. The fourth-order valence-electron chi connectivity index (χ4n) is 4.97. The smallest absolute Gasteiger partial charge is 0.265 e. The van der Waals surface area contributed by atoms with Crippen molar-refractivity contribution in [2.45, 2.75) is 37.2 Å². The third-order valence-corrected chi connectivity index (χ3v) is 8.25. The summed E-state index contributed by atoms with van der Waals surface area (Å²) in [4.78, 5) is 32.1. The molecule has 5 nitrogen and oxygen atoms in total. The van der Waals surface area contributed by atoms with Crippen LogP contribution in [0.1, 0.15) is 41.3 Å². The number of likely N-dealkylation sites (tertiary alicyclic amines) is 1. The lowest BCUT2D eigenvalue weighted by atomic mass is 10.1. The highest BCUT2D eigenvalue weighted by molar-refractivity contribution is 8.04. The second-order valence-corrected chi connectivity index (χ2v) is 10.9. The van der Waals surface area contributed by atoms with Crippen molar-refractivity contribution in [1.29, 1.82) is 0 Å². The average molecular weight is 532 g/mol. The van der Waals surface area contributed by atoms with E-state index in [-0.39, 0.29) is 11.8 Å². The first kappa shape index (κ1) is 25.6. The van der Waals surface area contributed by atoms with Crippen molar-refractivity contribution >= 4 is 46.9 Å². The standard InChI is InChI=1S/C30H30ClN3O2S/c1-2-33-16-6-9-25(33)19-32-29(35)23-14-12-21(13-15-23)18-28-30(36)34(20-22-7-5-8-24(31)17-22)26-10-3-4-11-27(26)37-28/h3-5,7-8,10-15,17-18,25H,2,6,9,16,19-20H2,1H3,(H,32,35)/b28-18+/t25-/m1/s1. The normalized spacial score (nSPS) is 18.8. The number of hydrogen-bond acceptors (Lipinski definition) is 4. The summed E-state index contributed by atoms with van der Waals surface area (Å²) >= 11 is 7.66. The van der Waals surface area contributed by atoms with Crippen molar-refractivity contribution in [2.24, 2.45) is 0 Å². The predicted octanol–water partition coefficient (Wildman–Crippen LogP) is 6.23. The van der Waals surface area contributed by atoms with Gasteiger partial charge in [-0.1, -0.05) is 66.7 Å². The van der Waals surface area contributed by atoms with Gasteiger partial charge in [0.1, 0.15) is 0 Å². The number of thioether (sulfide) groups is 1. The number of amides is 2. The Kier molecular flexibility index (Phi) is 7.99. The second kappa shape index (κ2) is 11.5. The third kappa shape index (κ3) is 5.93. The first-order valence-corrected chi connectivity index (χ1v) is 13.9. The van der Waals surface area contributed by atoms with Crippen LogP contribution in [0, 0.1) is 0 Å². The van der Waals surface area contributed by atoms with Crippen molar-refractivity contribution in [3.05, 3.63) is 99.4 Å². The molecule has 1 atom stereocenters. The molecule has 0 spiro atoms. The summed E-state index contributed by atoms with van der Waals surface area (Å²) in [6.07, 6.45) is 4.21. The molecule has 7 heteroatoms. The molecule has 3 aromatic carbocycles. The molecule has 3 aromatic rings. The number of carbonyl (C=O) groups is 2. The van der Waals surface area contributed by atoms with Crippen molar-refractivity contribution in [3.8, 4) is 0 Å². The maximum absolute atomic E-state index is 13.6. The molecule has 190 valence electrons. The molecule has 1 saturated heterocycles. The van der Waals surface area contributed by atoms with E-state index in [1.165, 1.54) is 18.2 Å². The number of halogens is 1. The van der Waals surface area contributed by atoms with Crippen LogP contribution in [0.5, 0.6) is 0 Å². The molecule has 0 saturated carbocycles. The molecule has 0 radical (unpaired) electrons. The van der Waals surface area contributed by atoms with E-state index < -0.39 is 0 Å². The maximum atomic E-state index is 13.6. The van der Waals surface area contributed by atoms with Crippen LogP contribution in [-0.4, -0.2) is 42.4 Å². The lowest BCUT2D eigenvalue weighted by Gasteiger charge is -2.30. The van der Waals surface area contributed by atoms with Gasteiger partial charge in [0.05, 0.1) is 17.1 Å². The number of rotatable bonds is 7. The minimum Gasteiger partial charge on any atom is -0.350 e. The van der Waals surface area contributed by atoms with Crippen molar-refractivity contribution in [1.82, 2.24) is 10.2 Å². The van der Waals surface area contributed by atoms with Gasteiger partial charge < -0.3 is 10.2 Å². The summed E-state index contributed by atoms with van der Waals surface area (Å²) in [5.74, 6) is -0.116. The summed E-state index contributed by atoms with van der Waals surface area (Å²) in [7, 11) is 0. The van der Waals surface area contributed by atoms with Crippen LogP contribution in [0.3, 0.4) is 0 Å². The van der Waals surface area contributed by atoms with E-state index in [2.05, 4.69) is 17.1 Å². The van der Waals surface area contributed by atoms with Crippen LogP contribution >= 0.6 is 23.4 Å². The molecule has 0 bridgehead atoms. The number of likely N-dealkylation sites (N-methyl/N-ethyl adjacent to an activating group) is 1. The monoisotopic (exact) mass is 531 g/mol. The van der Waals surface area contributed by atoms with Crippen LogP contribution in [0.15, 0.2) is 82.6 Å². The molecular weight excluding hydrogens is 502 g/mol. The Balaban J connectivity index is 1.31. The minimum atomic E-state index is -0.0631. The Bertz CT molecular complexity index is 1320. The zero-order valence-corrected chi connectivity index (χ0v) is 22.4. The number of para-hydroxylation sites is 1. The van der Waals surface area contributed by atoms with Gasteiger partial charge in [0.15, 0.2) is 0 Å². The van der Waals surface area contributed by atoms with E-state index in [1.54, 1.807) is 4.90 Å². The fraction of sp³-hybridized carbons (Fsp3) is 0.267. The Labute approximate surface area is 227 Å². The summed E-state index contributed by atoms with van der Waals surface area (Å²) in [5.41, 5.74) is 3.36. The number of nitrogens with zero attached hydrogens (tertiary/aromatic N) is 2. The van der Waals surface area contributed by atoms with Crippen molar-refractivity contribution in [2.75, 3.05) is 24.5 Å². The van der Waals surface area contributed by atoms with Crippen LogP contribution < -0.4 is 10.2 Å². The number of anilines is 1. The SMILES string of the molecule is CCN1CCC[C@@H]1CNC(=O)c1ccc(/C=C2/Sc3ccccc3N(Cc3cccc(Cl)c3)C2=O)cc1. The highest BCUT2D eigenvalue weighted by Crippen LogP contribution is 2.42. The molecule has 1 fully saturated rings. The van der Waals surface area contributed by atoms with Gasteiger partial charge in [-0.3, -0.25) is 14.5 Å². The molecular formula is C30H30ClN3O2S. The van der Waals surface area contributed by atoms with Gasteiger partial charge in [-0.05, 0) is 79.5 Å². The highest BCUT2D eigenvalue weighted by atomic mass is 35.5. The van der Waals surface area contributed by atoms with Gasteiger partial charge in [0.25, 0.3) is 11.8 Å². The summed E-state index contributed by atoms with van der Waals surface area (Å²) in [5, 5.41) is 3.74. The summed E-state index contributed by atoms with van der Waals surface area (Å²) < 4.78 is 0. The molecule has 0 aliphatic carbocycles. The number of benzene rings is 3. The molecule has 2 amide bonds. The average Bonchev–Trinajstić information content (AvgIpc) is 3.38. The topological polar surface area (TPSA) is 52.7 Å². The Hall–Kier alpha value is -3.06. The number of hydrogen-bond donors (Lipinski definition) is 1. The first-order chi connectivity index (χ1) is 18.0. The zero-order valence-electron chi connectivity index (χ0n) is 20.8. The zero-order chi connectivity index (χ0) is 25.8. The molecule has 0 unspecified atom stereocenters. The van der Waals surface area contributed by atoms with Gasteiger partial charge in [-0.25, -0.2) is 0 Å². The molecule has 37 heavy (non-hydrogen) atoms. The molecule has 2 aliphatic rings. The van der Waals surface area contributed by atoms with Gasteiger partial charge in [0.2, 0.25) is 0 Å². The molecule has 1 N–H and O–H groups in total. The Morgan fingerprint density at radius 3 is 2.70 bits per heavy atom. The molecule has 5 rings (SSSR count). The lowest BCUT2D eigenvalue weighted by Crippen LogP contribution is -2.40. The third-order valence-electron chi connectivity index (χ3n) is 6.94. The Morgan fingerprint density at radius 1 is 1.11 bits per heavy atom. The van der Waals surface area contributed by atoms with Crippen molar-refractivity contribution in [3.63, 3.8) is 0 Å². The van der Waals surface area contributed by atoms with Gasteiger partial charge >= 0.3 is 0 Å². The van der Waals surface area contributed by atoms with E-state index in [0.29, 0.717) is 34.6 Å². The lowest BCUT2D eigenvalue weighted by molar-refractivity contribution is -0.114. The van der Waals surface area contributed by atoms with E-state index in [4.69, 9.17) is 11.6 Å². The van der Waals surface area contributed by atoms with E-state index in [1.807, 2.05) is 78.9 Å². The molecule has 2 aliphatic heterocycles. The second-order valence-electron chi connectivity index (χ2n) is 9.36. The van der Waals surface area contributed by atoms with E-state index in [0.717, 1.165) is 41.2 Å². The van der Waals surface area contributed by atoms with Gasteiger partial charge in [-0.2, -0.15) is 0 Å².